The van der Waals surface area contributed by atoms with Gasteiger partial charge in [0.25, 0.3) is 5.56 Å². The average Bonchev–Trinajstić information content (AvgIpc) is 2.86. The van der Waals surface area contributed by atoms with E-state index in [0.717, 1.165) is 25.2 Å². The molecular weight excluding hydrogens is 288 g/mol. The third-order valence-corrected chi connectivity index (χ3v) is 4.38. The van der Waals surface area contributed by atoms with E-state index >= 15 is 0 Å². The zero-order valence-corrected chi connectivity index (χ0v) is 12.7. The molecule has 0 bridgehead atoms. The normalized spacial score (nSPS) is 18.9. The Bertz CT molecular complexity index is 681. The number of aromatic nitrogens is 4. The van der Waals surface area contributed by atoms with Gasteiger partial charge in [-0.3, -0.25) is 4.79 Å². The van der Waals surface area contributed by atoms with E-state index in [4.69, 9.17) is 5.73 Å². The van der Waals surface area contributed by atoms with Crippen molar-refractivity contribution in [3.63, 3.8) is 0 Å². The first-order chi connectivity index (χ1) is 10.1. The topological polar surface area (TPSA) is 89.9 Å². The Balaban J connectivity index is 1.78. The van der Waals surface area contributed by atoms with Gasteiger partial charge >= 0.3 is 0 Å². The smallest absolute Gasteiger partial charge is 0.269 e. The van der Waals surface area contributed by atoms with E-state index in [1.807, 2.05) is 0 Å². The summed E-state index contributed by atoms with van der Waals surface area (Å²) in [5.41, 5.74) is 6.31. The second-order valence-corrected chi connectivity index (χ2v) is 6.53. The average molecular weight is 306 g/mol. The minimum atomic E-state index is -0.125. The summed E-state index contributed by atoms with van der Waals surface area (Å²) in [6.07, 6.45) is 4.16. The van der Waals surface area contributed by atoms with Crippen molar-refractivity contribution in [1.29, 1.82) is 0 Å². The predicted molar refractivity (Wildman–Crippen MR) is 82.5 cm³/mol. The number of nitrogens with two attached hydrogens (primary N) is 1. The third-order valence-electron chi connectivity index (χ3n) is 3.64. The van der Waals surface area contributed by atoms with Gasteiger partial charge in [0.2, 0.25) is 5.13 Å². The molecule has 1 saturated heterocycles. The highest BCUT2D eigenvalue weighted by Gasteiger charge is 2.17. The molecule has 2 aromatic heterocycles. The van der Waals surface area contributed by atoms with Crippen molar-refractivity contribution >= 4 is 22.2 Å². The monoisotopic (exact) mass is 306 g/mol. The third kappa shape index (κ3) is 3.21. The Labute approximate surface area is 126 Å². The van der Waals surface area contributed by atoms with E-state index in [2.05, 4.69) is 27.1 Å². The highest BCUT2D eigenvalue weighted by Crippen LogP contribution is 2.21. The van der Waals surface area contributed by atoms with Crippen molar-refractivity contribution < 1.29 is 0 Å². The molecule has 7 nitrogen and oxygen atoms in total. The molecule has 0 spiro atoms. The minimum Gasteiger partial charge on any atom is -0.374 e. The van der Waals surface area contributed by atoms with Crippen LogP contribution in [0.3, 0.4) is 0 Å². The van der Waals surface area contributed by atoms with Gasteiger partial charge in [0, 0.05) is 19.2 Å². The molecule has 1 atom stereocenters. The molecule has 0 saturated carbocycles. The summed E-state index contributed by atoms with van der Waals surface area (Å²) in [5.74, 6) is 0.658. The summed E-state index contributed by atoms with van der Waals surface area (Å²) < 4.78 is 1.39. The molecule has 0 radical (unpaired) electrons. The number of nitrogen functional groups attached to an aromatic ring is 1. The molecule has 0 amide bonds. The molecule has 3 heterocycles. The fourth-order valence-electron chi connectivity index (χ4n) is 2.60. The molecule has 1 aliphatic heterocycles. The summed E-state index contributed by atoms with van der Waals surface area (Å²) in [5, 5.41) is 13.0. The first-order valence-corrected chi connectivity index (χ1v) is 7.83. The van der Waals surface area contributed by atoms with Gasteiger partial charge in [-0.2, -0.15) is 5.10 Å². The van der Waals surface area contributed by atoms with Crippen molar-refractivity contribution in [3.05, 3.63) is 27.6 Å². The number of hydrogen-bond donors (Lipinski definition) is 1. The van der Waals surface area contributed by atoms with E-state index < -0.39 is 0 Å². The number of anilines is 2. The van der Waals surface area contributed by atoms with E-state index in [1.54, 1.807) is 12.3 Å². The van der Waals surface area contributed by atoms with E-state index in [0.29, 0.717) is 22.6 Å². The van der Waals surface area contributed by atoms with Gasteiger partial charge in [0.1, 0.15) is 5.01 Å². The van der Waals surface area contributed by atoms with Gasteiger partial charge in [-0.05, 0) is 18.8 Å². The van der Waals surface area contributed by atoms with Crippen molar-refractivity contribution in [2.24, 2.45) is 5.92 Å². The molecule has 2 N–H and O–H groups in total. The molecule has 1 fully saturated rings. The molecule has 0 aromatic carbocycles. The van der Waals surface area contributed by atoms with Crippen LogP contribution in [0.4, 0.5) is 10.8 Å². The summed E-state index contributed by atoms with van der Waals surface area (Å²) in [6.45, 7) is 4.52. The van der Waals surface area contributed by atoms with Gasteiger partial charge < -0.3 is 10.6 Å². The lowest BCUT2D eigenvalue weighted by atomic mass is 10.00. The summed E-state index contributed by atoms with van der Waals surface area (Å²) in [4.78, 5) is 14.4. The maximum atomic E-state index is 12.2. The highest BCUT2D eigenvalue weighted by molar-refractivity contribution is 7.15. The maximum Gasteiger partial charge on any atom is 0.269 e. The fourth-order valence-corrected chi connectivity index (χ4v) is 3.19. The number of hydrogen-bond acceptors (Lipinski definition) is 7. The van der Waals surface area contributed by atoms with Gasteiger partial charge in [-0.25, -0.2) is 4.68 Å². The van der Waals surface area contributed by atoms with E-state index in [-0.39, 0.29) is 5.56 Å². The molecule has 1 aliphatic rings. The molecule has 3 rings (SSSR count). The Morgan fingerprint density at radius 3 is 3.00 bits per heavy atom. The second-order valence-electron chi connectivity index (χ2n) is 5.44. The zero-order valence-electron chi connectivity index (χ0n) is 11.9. The number of piperidine rings is 1. The minimum absolute atomic E-state index is 0.125. The van der Waals surface area contributed by atoms with Crippen LogP contribution in [-0.2, 0) is 6.54 Å². The summed E-state index contributed by atoms with van der Waals surface area (Å²) >= 11 is 1.27. The molecular formula is C13H18N6OS. The number of rotatable bonds is 3. The fraction of sp³-hybridized carbons (Fsp3) is 0.538. The first kappa shape index (κ1) is 14.0. The van der Waals surface area contributed by atoms with Crippen molar-refractivity contribution in [2.75, 3.05) is 23.7 Å². The van der Waals surface area contributed by atoms with Gasteiger partial charge in [0.15, 0.2) is 0 Å². The lowest BCUT2D eigenvalue weighted by Gasteiger charge is -2.32. The second kappa shape index (κ2) is 5.80. The van der Waals surface area contributed by atoms with Crippen LogP contribution >= 0.6 is 11.3 Å². The Kier molecular flexibility index (Phi) is 3.87. The lowest BCUT2D eigenvalue weighted by Crippen LogP contribution is -2.35. The van der Waals surface area contributed by atoms with Gasteiger partial charge in [-0.15, -0.1) is 10.2 Å². The predicted octanol–water partition coefficient (Wildman–Crippen LogP) is 0.962. The highest BCUT2D eigenvalue weighted by atomic mass is 32.1. The first-order valence-electron chi connectivity index (χ1n) is 7.02. The van der Waals surface area contributed by atoms with Gasteiger partial charge in [0.05, 0.1) is 18.4 Å². The van der Waals surface area contributed by atoms with Crippen molar-refractivity contribution in [1.82, 2.24) is 20.0 Å². The standard InChI is InChI=1S/C13H18N6OS/c1-9-3-2-4-18(7-9)10-5-12(20)19(15-6-10)8-11-16-17-13(14)21-11/h5-6,9H,2-4,7-8H2,1H3,(H2,14,17). The van der Waals surface area contributed by atoms with Crippen LogP contribution < -0.4 is 16.2 Å². The largest absolute Gasteiger partial charge is 0.374 e. The van der Waals surface area contributed by atoms with Crippen molar-refractivity contribution in [3.8, 4) is 0 Å². The van der Waals surface area contributed by atoms with Crippen LogP contribution in [-0.4, -0.2) is 33.1 Å². The van der Waals surface area contributed by atoms with Crippen LogP contribution in [0, 0.1) is 5.92 Å². The van der Waals surface area contributed by atoms with Crippen LogP contribution in [0.25, 0.3) is 0 Å². The quantitative estimate of drug-likeness (QED) is 0.908. The molecule has 1 unspecified atom stereocenters. The van der Waals surface area contributed by atoms with Crippen LogP contribution in [0.5, 0.6) is 0 Å². The Morgan fingerprint density at radius 1 is 1.48 bits per heavy atom. The molecule has 112 valence electrons. The van der Waals surface area contributed by atoms with Crippen molar-refractivity contribution in [2.45, 2.75) is 26.3 Å². The van der Waals surface area contributed by atoms with Crippen LogP contribution in [0.2, 0.25) is 0 Å². The van der Waals surface area contributed by atoms with Gasteiger partial charge in [-0.1, -0.05) is 18.3 Å². The number of nitrogens with zero attached hydrogens (tertiary/aromatic N) is 5. The molecule has 2 aromatic rings. The SMILES string of the molecule is CC1CCCN(c2cnn(Cc3nnc(N)s3)c(=O)c2)C1. The molecule has 8 heteroatoms. The zero-order chi connectivity index (χ0) is 14.8. The maximum absolute atomic E-state index is 12.2. The Hall–Kier alpha value is -1.96. The van der Waals surface area contributed by atoms with E-state index in [1.165, 1.54) is 22.4 Å². The van der Waals surface area contributed by atoms with E-state index in [9.17, 15) is 4.79 Å². The van der Waals surface area contributed by atoms with Crippen LogP contribution in [0.1, 0.15) is 24.8 Å². The lowest BCUT2D eigenvalue weighted by molar-refractivity contribution is 0.445. The Morgan fingerprint density at radius 2 is 2.33 bits per heavy atom. The van der Waals surface area contributed by atoms with Crippen LogP contribution in [0.15, 0.2) is 17.1 Å². The summed E-state index contributed by atoms with van der Waals surface area (Å²) in [7, 11) is 0. The summed E-state index contributed by atoms with van der Waals surface area (Å²) in [6, 6.07) is 1.65. The molecule has 21 heavy (non-hydrogen) atoms. The molecule has 0 aliphatic carbocycles.